The number of aryl methyl sites for hydroxylation is 1. The normalized spacial score (nSPS) is 15.8. The first-order valence-electron chi connectivity index (χ1n) is 9.46. The van der Waals surface area contributed by atoms with E-state index in [4.69, 9.17) is 9.47 Å². The Labute approximate surface area is 184 Å². The van der Waals surface area contributed by atoms with E-state index in [2.05, 4.69) is 9.71 Å². The average Bonchev–Trinajstić information content (AvgIpc) is 3.26. The number of alkyl halides is 4. The molecule has 4 nitrogen and oxygen atoms in total. The van der Waals surface area contributed by atoms with E-state index in [-0.39, 0.29) is 17.7 Å². The number of anilines is 1. The second-order valence-corrected chi connectivity index (χ2v) is 8.52. The summed E-state index contributed by atoms with van der Waals surface area (Å²) < 4.78 is 67.0. The third-order valence-corrected chi connectivity index (χ3v) is 6.28. The average molecular weight is 471 g/mol. The minimum atomic E-state index is -4.49. The van der Waals surface area contributed by atoms with Crippen molar-refractivity contribution in [1.29, 1.82) is 0 Å². The zero-order valence-corrected chi connectivity index (χ0v) is 17.7. The number of nitrogens with one attached hydrogen (secondary N) is 1. The molecule has 0 fully saturated rings. The van der Waals surface area contributed by atoms with Crippen molar-refractivity contribution < 1.29 is 27.0 Å². The van der Waals surface area contributed by atoms with Crippen LogP contribution in [0.1, 0.15) is 29.2 Å². The van der Waals surface area contributed by atoms with Crippen LogP contribution in [0.2, 0.25) is 0 Å². The van der Waals surface area contributed by atoms with Gasteiger partial charge in [0, 0.05) is 34.9 Å². The summed E-state index contributed by atoms with van der Waals surface area (Å²) >= 11 is 2.89. The molecule has 1 N–H and O–H groups in total. The molecular weight excluding hydrogens is 452 g/mol. The van der Waals surface area contributed by atoms with Gasteiger partial charge in [0.1, 0.15) is 17.6 Å². The van der Waals surface area contributed by atoms with Crippen LogP contribution < -0.4 is 14.2 Å². The van der Waals surface area contributed by atoms with Gasteiger partial charge in [-0.15, -0.1) is 11.3 Å². The first kappa shape index (κ1) is 21.8. The van der Waals surface area contributed by atoms with E-state index < -0.39 is 24.5 Å². The second kappa shape index (κ2) is 9.35. The highest BCUT2D eigenvalue weighted by atomic mass is 32.2. The quantitative estimate of drug-likeness (QED) is 0.308. The summed E-state index contributed by atoms with van der Waals surface area (Å²) in [5.74, 6) is 0.911. The van der Waals surface area contributed by atoms with Crippen molar-refractivity contribution in [2.45, 2.75) is 30.0 Å². The summed E-state index contributed by atoms with van der Waals surface area (Å²) in [6, 6.07) is 8.85. The molecule has 1 aromatic heterocycles. The monoisotopic (exact) mass is 470 g/mol. The molecule has 1 aliphatic heterocycles. The van der Waals surface area contributed by atoms with E-state index in [1.54, 1.807) is 6.20 Å². The van der Waals surface area contributed by atoms with Crippen LogP contribution in [0.5, 0.6) is 11.5 Å². The molecule has 1 atom stereocenters. The predicted octanol–water partition coefficient (Wildman–Crippen LogP) is 6.70. The van der Waals surface area contributed by atoms with Crippen molar-refractivity contribution in [3.63, 3.8) is 0 Å². The highest BCUT2D eigenvalue weighted by Gasteiger charge is 2.32. The molecule has 0 radical (unpaired) electrons. The van der Waals surface area contributed by atoms with Gasteiger partial charge in [0.25, 0.3) is 0 Å². The Morgan fingerprint density at radius 3 is 2.84 bits per heavy atom. The fourth-order valence-corrected chi connectivity index (χ4v) is 4.47. The summed E-state index contributed by atoms with van der Waals surface area (Å²) in [5.41, 5.74) is 0.186. The largest absolute Gasteiger partial charge is 0.493 e. The van der Waals surface area contributed by atoms with Crippen LogP contribution >= 0.6 is 23.3 Å². The van der Waals surface area contributed by atoms with Gasteiger partial charge in [-0.3, -0.25) is 4.39 Å². The Kier molecular flexibility index (Phi) is 6.57. The molecule has 3 aromatic rings. The highest BCUT2D eigenvalue weighted by Crippen LogP contribution is 2.40. The van der Waals surface area contributed by atoms with E-state index >= 15 is 0 Å². The van der Waals surface area contributed by atoms with Crippen LogP contribution in [0.15, 0.2) is 52.9 Å². The number of hydrogen-bond acceptors (Lipinski definition) is 6. The summed E-state index contributed by atoms with van der Waals surface area (Å²) in [6.07, 6.45) is -2.79. The number of aromatic nitrogens is 1. The second-order valence-electron chi connectivity index (χ2n) is 6.74. The number of fused-ring (bicyclic) bond motifs is 1. The van der Waals surface area contributed by atoms with Gasteiger partial charge in [-0.1, -0.05) is 6.07 Å². The number of benzene rings is 2. The van der Waals surface area contributed by atoms with Gasteiger partial charge >= 0.3 is 6.18 Å². The Balaban J connectivity index is 1.53. The van der Waals surface area contributed by atoms with Crippen molar-refractivity contribution in [2.75, 3.05) is 18.0 Å². The van der Waals surface area contributed by atoms with E-state index in [9.17, 15) is 17.6 Å². The van der Waals surface area contributed by atoms with Crippen molar-refractivity contribution in [3.05, 3.63) is 64.7 Å². The summed E-state index contributed by atoms with van der Waals surface area (Å²) in [5, 5.41) is 2.66. The van der Waals surface area contributed by atoms with Gasteiger partial charge in [-0.2, -0.15) is 13.2 Å². The van der Waals surface area contributed by atoms with Crippen molar-refractivity contribution in [2.24, 2.45) is 0 Å². The van der Waals surface area contributed by atoms with Crippen molar-refractivity contribution in [1.82, 2.24) is 4.98 Å². The third kappa shape index (κ3) is 5.24. The van der Waals surface area contributed by atoms with Crippen LogP contribution in [-0.4, -0.2) is 18.3 Å². The van der Waals surface area contributed by atoms with E-state index in [0.717, 1.165) is 27.7 Å². The topological polar surface area (TPSA) is 43.4 Å². The number of rotatable bonds is 7. The van der Waals surface area contributed by atoms with Gasteiger partial charge in [-0.05, 0) is 47.8 Å². The molecule has 0 amide bonds. The number of thiazole rings is 1. The fraction of sp³-hybridized carbons (Fsp3) is 0.286. The molecule has 1 aliphatic rings. The van der Waals surface area contributed by atoms with Crippen LogP contribution in [0, 0.1) is 0 Å². The minimum Gasteiger partial charge on any atom is -0.493 e. The van der Waals surface area contributed by atoms with E-state index in [1.165, 1.54) is 29.4 Å². The van der Waals surface area contributed by atoms with Gasteiger partial charge < -0.3 is 14.2 Å². The highest BCUT2D eigenvalue weighted by molar-refractivity contribution is 8.00. The van der Waals surface area contributed by atoms with Crippen LogP contribution in [0.25, 0.3) is 0 Å². The molecule has 0 bridgehead atoms. The Morgan fingerprint density at radius 1 is 1.23 bits per heavy atom. The molecule has 0 spiro atoms. The standard InChI is InChI=1S/C21H18F4N2O2S2/c22-7-5-13-11-14(21(23,24)25)1-4-17(13)29-18-6-9-28-19-12-15(2-3-16(18)19)31-27-20-26-8-10-30-20/h1-4,8,10-12,18H,5-7,9H2,(H,26,27). The zero-order chi connectivity index (χ0) is 21.8. The molecule has 0 aliphatic carbocycles. The van der Waals surface area contributed by atoms with Crippen LogP contribution in [0.4, 0.5) is 22.7 Å². The van der Waals surface area contributed by atoms with Crippen molar-refractivity contribution >= 4 is 28.4 Å². The predicted molar refractivity (Wildman–Crippen MR) is 113 cm³/mol. The Bertz CT molecular complexity index is 1030. The Hall–Kier alpha value is -2.46. The molecule has 31 heavy (non-hydrogen) atoms. The molecule has 1 unspecified atom stereocenters. The fourth-order valence-electron chi connectivity index (χ4n) is 3.22. The molecule has 0 saturated carbocycles. The van der Waals surface area contributed by atoms with E-state index in [1.807, 2.05) is 23.6 Å². The minimum absolute atomic E-state index is 0.146. The number of halogens is 4. The molecule has 4 rings (SSSR count). The van der Waals surface area contributed by atoms with Gasteiger partial charge in [0.2, 0.25) is 0 Å². The molecular formula is C21H18F4N2O2S2. The lowest BCUT2D eigenvalue weighted by molar-refractivity contribution is -0.137. The lowest BCUT2D eigenvalue weighted by atomic mass is 10.0. The lowest BCUT2D eigenvalue weighted by Gasteiger charge is -2.28. The smallest absolute Gasteiger partial charge is 0.416 e. The van der Waals surface area contributed by atoms with Gasteiger partial charge in [0.05, 0.1) is 18.8 Å². The maximum atomic E-state index is 13.0. The third-order valence-electron chi connectivity index (χ3n) is 4.68. The summed E-state index contributed by atoms with van der Waals surface area (Å²) in [7, 11) is 0. The lowest BCUT2D eigenvalue weighted by Crippen LogP contribution is -2.19. The number of ether oxygens (including phenoxy) is 2. The summed E-state index contributed by atoms with van der Waals surface area (Å²) in [4.78, 5) is 5.08. The molecule has 164 valence electrons. The van der Waals surface area contributed by atoms with Gasteiger partial charge in [0.15, 0.2) is 5.13 Å². The number of nitrogens with zero attached hydrogens (tertiary/aromatic N) is 1. The van der Waals surface area contributed by atoms with E-state index in [0.29, 0.717) is 18.8 Å². The maximum Gasteiger partial charge on any atom is 0.416 e. The first-order chi connectivity index (χ1) is 14.9. The first-order valence-corrected chi connectivity index (χ1v) is 11.2. The molecule has 2 heterocycles. The molecule has 10 heteroatoms. The van der Waals surface area contributed by atoms with Gasteiger partial charge in [-0.25, -0.2) is 4.98 Å². The maximum absolute atomic E-state index is 13.0. The molecule has 2 aromatic carbocycles. The summed E-state index contributed by atoms with van der Waals surface area (Å²) in [6.45, 7) is -0.362. The zero-order valence-electron chi connectivity index (χ0n) is 16.1. The van der Waals surface area contributed by atoms with Crippen LogP contribution in [-0.2, 0) is 12.6 Å². The Morgan fingerprint density at radius 2 is 2.10 bits per heavy atom. The SMILES string of the molecule is FCCc1cc(C(F)(F)F)ccc1OC1CCOc2cc(SNc3nccs3)ccc21. The molecule has 0 saturated heterocycles. The van der Waals surface area contributed by atoms with Crippen LogP contribution in [0.3, 0.4) is 0 Å². The van der Waals surface area contributed by atoms with Crippen molar-refractivity contribution in [3.8, 4) is 11.5 Å². The number of hydrogen-bond donors (Lipinski definition) is 1.